The van der Waals surface area contributed by atoms with Gasteiger partial charge in [0.15, 0.2) is 11.9 Å². The Morgan fingerprint density at radius 3 is 2.59 bits per heavy atom. The van der Waals surface area contributed by atoms with Crippen molar-refractivity contribution in [2.24, 2.45) is 0 Å². The van der Waals surface area contributed by atoms with Gasteiger partial charge in [-0.05, 0) is 54.6 Å². The van der Waals surface area contributed by atoms with E-state index in [0.717, 1.165) is 29.3 Å². The van der Waals surface area contributed by atoms with Gasteiger partial charge in [0.25, 0.3) is 0 Å². The van der Waals surface area contributed by atoms with Gasteiger partial charge in [0.2, 0.25) is 0 Å². The van der Waals surface area contributed by atoms with Gasteiger partial charge in [-0.3, -0.25) is 0 Å². The summed E-state index contributed by atoms with van der Waals surface area (Å²) in [5.41, 5.74) is -3.89. The van der Waals surface area contributed by atoms with Crippen LogP contribution in [0, 0.1) is 11.6 Å². The molecule has 0 bridgehead atoms. The maximum absolute atomic E-state index is 16.3. The molecule has 0 saturated carbocycles. The van der Waals surface area contributed by atoms with Crippen molar-refractivity contribution in [2.75, 3.05) is 6.61 Å². The van der Waals surface area contributed by atoms with Gasteiger partial charge in [0, 0.05) is 22.6 Å². The molecule has 0 spiro atoms. The highest BCUT2D eigenvalue weighted by Gasteiger charge is 2.60. The summed E-state index contributed by atoms with van der Waals surface area (Å²) in [7, 11) is 0. The molecule has 2 heterocycles. The Morgan fingerprint density at radius 2 is 1.88 bits per heavy atom. The van der Waals surface area contributed by atoms with E-state index in [1.165, 1.54) is 25.1 Å². The topological polar surface area (TPSA) is 65.7 Å². The highest BCUT2D eigenvalue weighted by molar-refractivity contribution is 6.31. The van der Waals surface area contributed by atoms with Crippen LogP contribution in [-0.4, -0.2) is 31.8 Å². The fourth-order valence-corrected chi connectivity index (χ4v) is 3.74. The van der Waals surface area contributed by atoms with Gasteiger partial charge < -0.3 is 4.74 Å². The summed E-state index contributed by atoms with van der Waals surface area (Å²) in [6, 6.07) is 9.37. The van der Waals surface area contributed by atoms with Gasteiger partial charge >= 0.3 is 5.92 Å². The molecule has 0 aliphatic heterocycles. The van der Waals surface area contributed by atoms with Crippen LogP contribution >= 0.6 is 11.6 Å². The molecule has 2 aromatic carbocycles. The molecule has 0 fully saturated rings. The van der Waals surface area contributed by atoms with Crippen molar-refractivity contribution < 1.29 is 22.3 Å². The van der Waals surface area contributed by atoms with Crippen molar-refractivity contribution >= 4 is 22.5 Å². The summed E-state index contributed by atoms with van der Waals surface area (Å²) >= 11 is 5.96. The molecule has 1 atom stereocenters. The van der Waals surface area contributed by atoms with E-state index in [4.69, 9.17) is 16.3 Å². The van der Waals surface area contributed by atoms with Crippen LogP contribution in [0.3, 0.4) is 0 Å². The second kappa shape index (κ2) is 8.44. The highest BCUT2D eigenvalue weighted by atomic mass is 35.5. The smallest absolute Gasteiger partial charge is 0.324 e. The van der Waals surface area contributed by atoms with E-state index in [1.807, 2.05) is 0 Å². The first-order chi connectivity index (χ1) is 15.3. The first kappa shape index (κ1) is 22.1. The van der Waals surface area contributed by atoms with E-state index < -0.39 is 41.0 Å². The number of halogens is 5. The van der Waals surface area contributed by atoms with Crippen LogP contribution in [0.5, 0.6) is 0 Å². The third-order valence-corrected chi connectivity index (χ3v) is 5.22. The monoisotopic (exact) mass is 465 g/mol. The van der Waals surface area contributed by atoms with E-state index in [9.17, 15) is 8.78 Å². The van der Waals surface area contributed by atoms with Crippen LogP contribution in [0.1, 0.15) is 18.2 Å². The molecule has 0 radical (unpaired) electrons. The first-order valence-electron chi connectivity index (χ1n) is 9.51. The maximum atomic E-state index is 16.3. The molecule has 0 aliphatic carbocycles. The molecular weight excluding hydrogens is 450 g/mol. The zero-order valence-electron chi connectivity index (χ0n) is 16.6. The third-order valence-electron chi connectivity index (χ3n) is 4.99. The van der Waals surface area contributed by atoms with Gasteiger partial charge in [-0.25, -0.2) is 13.8 Å². The number of hydrogen-bond donors (Lipinski definition) is 0. The van der Waals surface area contributed by atoms with E-state index >= 15 is 8.78 Å². The van der Waals surface area contributed by atoms with Crippen LogP contribution in [0.4, 0.5) is 17.6 Å². The Bertz CT molecular complexity index is 1250. The summed E-state index contributed by atoms with van der Waals surface area (Å²) in [5, 5.41) is 11.8. The minimum atomic E-state index is -3.95. The fourth-order valence-electron chi connectivity index (χ4n) is 3.56. The number of pyridine rings is 1. The Kier molecular flexibility index (Phi) is 5.83. The molecule has 32 heavy (non-hydrogen) atoms. The molecule has 1 unspecified atom stereocenters. The lowest BCUT2D eigenvalue weighted by molar-refractivity contribution is -0.234. The average molecular weight is 466 g/mol. The number of aromatic nitrogens is 5. The lowest BCUT2D eigenvalue weighted by atomic mass is 9.84. The molecule has 0 N–H and O–H groups in total. The predicted molar refractivity (Wildman–Crippen MR) is 108 cm³/mol. The number of benzene rings is 2. The zero-order chi connectivity index (χ0) is 22.9. The van der Waals surface area contributed by atoms with Crippen LogP contribution in [-0.2, 0) is 22.8 Å². The highest BCUT2D eigenvalue weighted by Crippen LogP contribution is 2.49. The maximum Gasteiger partial charge on any atom is 0.324 e. The fraction of sp³-hybridized carbons (Fsp3) is 0.238. The summed E-state index contributed by atoms with van der Waals surface area (Å²) in [6.45, 7) is 0.463. The minimum absolute atomic E-state index is 0.246. The predicted octanol–water partition coefficient (Wildman–Crippen LogP) is 4.88. The number of rotatable bonds is 7. The zero-order valence-corrected chi connectivity index (χ0v) is 17.4. The number of alkyl halides is 2. The van der Waals surface area contributed by atoms with Crippen molar-refractivity contribution in [1.82, 2.24) is 25.2 Å². The molecule has 11 heteroatoms. The summed E-state index contributed by atoms with van der Waals surface area (Å²) in [6.07, 6.45) is 1.04. The molecule has 166 valence electrons. The largest absolute Gasteiger partial charge is 0.362 e. The minimum Gasteiger partial charge on any atom is -0.362 e. The van der Waals surface area contributed by atoms with E-state index in [2.05, 4.69) is 20.4 Å². The number of ether oxygens (including phenoxy) is 1. The Labute approximate surface area is 184 Å². The molecule has 4 aromatic rings. The van der Waals surface area contributed by atoms with Crippen molar-refractivity contribution in [3.63, 3.8) is 0 Å². The van der Waals surface area contributed by atoms with E-state index in [-0.39, 0.29) is 12.1 Å². The Balaban J connectivity index is 1.96. The van der Waals surface area contributed by atoms with Crippen LogP contribution < -0.4 is 0 Å². The number of nitrogens with zero attached hydrogens (tertiary/aromatic N) is 5. The standard InChI is InChI=1S/C21H16ClF4N5O/c1-2-32-20(11-31-28-12-27-30-31,16-10-15(23)5-6-17(16)24)21(25,26)19-8-3-13-9-14(22)4-7-18(13)29-19/h3-10,12H,2,11H2,1H3. The molecule has 0 aliphatic rings. The van der Waals surface area contributed by atoms with Gasteiger partial charge in [-0.1, -0.05) is 17.7 Å². The Morgan fingerprint density at radius 1 is 1.06 bits per heavy atom. The number of hydrogen-bond acceptors (Lipinski definition) is 5. The second-order valence-electron chi connectivity index (χ2n) is 6.96. The quantitative estimate of drug-likeness (QED) is 0.364. The summed E-state index contributed by atoms with van der Waals surface area (Å²) in [5.74, 6) is -5.93. The summed E-state index contributed by atoms with van der Waals surface area (Å²) in [4.78, 5) is 4.90. The van der Waals surface area contributed by atoms with Crippen LogP contribution in [0.25, 0.3) is 10.9 Å². The van der Waals surface area contributed by atoms with Crippen molar-refractivity contribution in [1.29, 1.82) is 0 Å². The van der Waals surface area contributed by atoms with E-state index in [1.54, 1.807) is 6.07 Å². The second-order valence-corrected chi connectivity index (χ2v) is 7.39. The first-order valence-corrected chi connectivity index (χ1v) is 9.89. The molecule has 4 rings (SSSR count). The van der Waals surface area contributed by atoms with Gasteiger partial charge in [-0.2, -0.15) is 13.6 Å². The van der Waals surface area contributed by atoms with Gasteiger partial charge in [0.1, 0.15) is 23.9 Å². The molecule has 0 saturated heterocycles. The molecule has 2 aromatic heterocycles. The average Bonchev–Trinajstić information content (AvgIpc) is 3.27. The van der Waals surface area contributed by atoms with Crippen LogP contribution in [0.15, 0.2) is 54.9 Å². The van der Waals surface area contributed by atoms with Crippen molar-refractivity contribution in [3.8, 4) is 0 Å². The van der Waals surface area contributed by atoms with Crippen molar-refractivity contribution in [3.05, 3.63) is 82.8 Å². The Hall–Kier alpha value is -3.11. The number of tetrazole rings is 1. The van der Waals surface area contributed by atoms with Crippen LogP contribution in [0.2, 0.25) is 5.02 Å². The van der Waals surface area contributed by atoms with Gasteiger partial charge in [0.05, 0.1) is 5.52 Å². The molecular formula is C21H16ClF4N5O. The summed E-state index contributed by atoms with van der Waals surface area (Å²) < 4.78 is 67.0. The van der Waals surface area contributed by atoms with Crippen molar-refractivity contribution in [2.45, 2.75) is 25.0 Å². The van der Waals surface area contributed by atoms with Gasteiger partial charge in [-0.15, -0.1) is 10.2 Å². The normalized spacial score (nSPS) is 13.9. The molecule has 0 amide bonds. The molecule has 6 nitrogen and oxygen atoms in total. The third kappa shape index (κ3) is 3.80. The SMILES string of the molecule is CCOC(Cn1ncnn1)(c1cc(F)ccc1F)C(F)(F)c1ccc2cc(Cl)ccc2n1. The lowest BCUT2D eigenvalue weighted by Gasteiger charge is -2.39. The number of fused-ring (bicyclic) bond motifs is 1. The van der Waals surface area contributed by atoms with E-state index in [0.29, 0.717) is 16.5 Å². The lowest BCUT2D eigenvalue weighted by Crippen LogP contribution is -2.50.